The average molecular weight is 413 g/mol. The number of benzene rings is 1. The summed E-state index contributed by atoms with van der Waals surface area (Å²) in [5, 5.41) is 5.77. The van der Waals surface area contributed by atoms with Crippen LogP contribution in [0.25, 0.3) is 0 Å². The van der Waals surface area contributed by atoms with Gasteiger partial charge in [0.05, 0.1) is 17.6 Å². The minimum absolute atomic E-state index is 0.00184. The van der Waals surface area contributed by atoms with E-state index in [4.69, 9.17) is 16.4 Å². The van der Waals surface area contributed by atoms with E-state index in [0.29, 0.717) is 41.5 Å². The van der Waals surface area contributed by atoms with Gasteiger partial charge in [0.2, 0.25) is 0 Å². The van der Waals surface area contributed by atoms with Crippen molar-refractivity contribution in [2.75, 3.05) is 4.90 Å². The normalized spacial score (nSPS) is 19.4. The van der Waals surface area contributed by atoms with Crippen LogP contribution in [0.3, 0.4) is 0 Å². The number of ether oxygens (including phenoxy) is 2. The van der Waals surface area contributed by atoms with Crippen molar-refractivity contribution in [1.82, 2.24) is 10.2 Å². The molecule has 152 valence electrons. The molecule has 1 fully saturated rings. The van der Waals surface area contributed by atoms with Crippen molar-refractivity contribution in [1.29, 1.82) is 0 Å². The number of nitrogens with zero attached hydrogens (tertiary/aromatic N) is 2. The number of hydrogen-bond acceptors (Lipinski definition) is 6. The molecular weight excluding hydrogens is 390 g/mol. The van der Waals surface area contributed by atoms with Gasteiger partial charge in [-0.15, -0.1) is 0 Å². The van der Waals surface area contributed by atoms with Gasteiger partial charge in [0.25, 0.3) is 0 Å². The third-order valence-electron chi connectivity index (χ3n) is 4.55. The van der Waals surface area contributed by atoms with Gasteiger partial charge in [-0.2, -0.15) is 5.10 Å². The second kappa shape index (κ2) is 7.59. The molecular formula is C21H23N3O4S. The van der Waals surface area contributed by atoms with Gasteiger partial charge < -0.3 is 14.4 Å². The van der Waals surface area contributed by atoms with Gasteiger partial charge in [-0.3, -0.25) is 5.10 Å². The van der Waals surface area contributed by atoms with Crippen LogP contribution in [-0.2, 0) is 9.84 Å². The second-order valence-corrected chi connectivity index (χ2v) is 9.74. The molecule has 2 radical (unpaired) electrons. The number of hydrogen-bond donors (Lipinski definition) is 1. The third-order valence-corrected chi connectivity index (χ3v) is 7.01. The number of rotatable bonds is 7. The van der Waals surface area contributed by atoms with E-state index in [0.717, 1.165) is 0 Å². The molecule has 2 aromatic rings. The Bertz CT molecular complexity index is 1040. The van der Waals surface area contributed by atoms with Crippen molar-refractivity contribution in [3.05, 3.63) is 67.1 Å². The van der Waals surface area contributed by atoms with Crippen molar-refractivity contribution in [2.24, 2.45) is 0 Å². The summed E-state index contributed by atoms with van der Waals surface area (Å²) in [5.41, 5.74) is 0.511. The van der Waals surface area contributed by atoms with E-state index in [2.05, 4.69) is 10.2 Å². The van der Waals surface area contributed by atoms with Crippen LogP contribution in [0.4, 0.5) is 5.82 Å². The molecule has 1 aromatic heterocycles. The number of anilines is 1. The maximum atomic E-state index is 12.9. The van der Waals surface area contributed by atoms with Crippen molar-refractivity contribution in [3.63, 3.8) is 0 Å². The van der Waals surface area contributed by atoms with E-state index in [-0.39, 0.29) is 11.4 Å². The lowest BCUT2D eigenvalue weighted by Gasteiger charge is -2.29. The predicted molar refractivity (Wildman–Crippen MR) is 110 cm³/mol. The summed E-state index contributed by atoms with van der Waals surface area (Å²) in [6.45, 7) is 9.82. The van der Waals surface area contributed by atoms with Gasteiger partial charge in [0.15, 0.2) is 21.0 Å². The fourth-order valence-electron chi connectivity index (χ4n) is 3.17. The monoisotopic (exact) mass is 413 g/mol. The van der Waals surface area contributed by atoms with Crippen molar-refractivity contribution in [2.45, 2.75) is 43.4 Å². The summed E-state index contributed by atoms with van der Waals surface area (Å²) >= 11 is 0. The predicted octanol–water partition coefficient (Wildman–Crippen LogP) is 3.46. The van der Waals surface area contributed by atoms with E-state index < -0.39 is 15.2 Å². The molecule has 2 aliphatic rings. The molecule has 4 rings (SSSR count). The maximum Gasteiger partial charge on any atom is 0.178 e. The van der Waals surface area contributed by atoms with Crippen LogP contribution in [0, 0.1) is 6.92 Å². The minimum atomic E-state index is -3.34. The average Bonchev–Trinajstić information content (AvgIpc) is 3.36. The Morgan fingerprint density at radius 2 is 2.00 bits per heavy atom. The lowest BCUT2D eigenvalue weighted by Crippen LogP contribution is -2.40. The van der Waals surface area contributed by atoms with E-state index in [1.807, 2.05) is 13.8 Å². The van der Waals surface area contributed by atoms with Crippen LogP contribution in [0.5, 0.6) is 11.5 Å². The molecule has 0 saturated heterocycles. The molecule has 1 aromatic carbocycles. The zero-order valence-corrected chi connectivity index (χ0v) is 17.1. The van der Waals surface area contributed by atoms with Crippen LogP contribution in [-0.4, -0.2) is 35.3 Å². The molecule has 2 heterocycles. The van der Waals surface area contributed by atoms with Crippen LogP contribution >= 0.6 is 0 Å². The number of aromatic nitrogens is 2. The third kappa shape index (κ3) is 4.32. The first-order valence-electron chi connectivity index (χ1n) is 9.49. The molecule has 29 heavy (non-hydrogen) atoms. The Hall–Kier alpha value is -2.74. The lowest BCUT2D eigenvalue weighted by molar-refractivity contribution is 0.241. The summed E-state index contributed by atoms with van der Waals surface area (Å²) in [5.74, 6) is 2.08. The van der Waals surface area contributed by atoms with Crippen LogP contribution in [0.2, 0.25) is 0 Å². The summed E-state index contributed by atoms with van der Waals surface area (Å²) in [6.07, 6.45) is 8.01. The minimum Gasteiger partial charge on any atom is -0.491 e. The molecule has 0 bridgehead atoms. The van der Waals surface area contributed by atoms with Gasteiger partial charge in [0, 0.05) is 18.3 Å². The molecule has 1 aliphatic carbocycles. The highest BCUT2D eigenvalue weighted by Crippen LogP contribution is 2.36. The van der Waals surface area contributed by atoms with E-state index >= 15 is 0 Å². The zero-order chi connectivity index (χ0) is 20.6. The fourth-order valence-corrected chi connectivity index (χ4v) is 5.14. The lowest BCUT2D eigenvalue weighted by atomic mass is 10.2. The van der Waals surface area contributed by atoms with Crippen molar-refractivity contribution in [3.8, 4) is 11.5 Å². The smallest absolute Gasteiger partial charge is 0.178 e. The zero-order valence-electron chi connectivity index (χ0n) is 16.3. The molecule has 1 N–H and O–H groups in total. The summed E-state index contributed by atoms with van der Waals surface area (Å²) in [4.78, 5) is 1.61. The van der Waals surface area contributed by atoms with Crippen LogP contribution in [0.1, 0.15) is 32.3 Å². The Labute approximate surface area is 170 Å². The first-order valence-corrected chi connectivity index (χ1v) is 11.1. The highest BCUT2D eigenvalue weighted by Gasteiger charge is 2.43. The van der Waals surface area contributed by atoms with Gasteiger partial charge in [-0.1, -0.05) is 0 Å². The number of aromatic amines is 1. The van der Waals surface area contributed by atoms with E-state index in [1.54, 1.807) is 53.7 Å². The van der Waals surface area contributed by atoms with E-state index in [1.165, 1.54) is 0 Å². The topological polar surface area (TPSA) is 84.5 Å². The molecule has 1 aliphatic heterocycles. The number of sulfone groups is 1. The molecule has 1 atom stereocenters. The SMILES string of the molecule is [CH]c1cc(OC2=CN(c3cc[nH]n3)C(S(=O)(=O)C3CC3)C=C2)cc(OC(C)C)c1. The largest absolute Gasteiger partial charge is 0.491 e. The van der Waals surface area contributed by atoms with Crippen molar-refractivity contribution >= 4 is 15.7 Å². The first-order chi connectivity index (χ1) is 13.8. The van der Waals surface area contributed by atoms with E-state index in [9.17, 15) is 8.42 Å². The Morgan fingerprint density at radius 1 is 1.24 bits per heavy atom. The van der Waals surface area contributed by atoms with Crippen molar-refractivity contribution < 1.29 is 17.9 Å². The van der Waals surface area contributed by atoms with Gasteiger partial charge in [-0.25, -0.2) is 8.42 Å². The highest BCUT2D eigenvalue weighted by molar-refractivity contribution is 7.93. The Balaban J connectivity index is 1.62. The molecule has 1 saturated carbocycles. The quantitative estimate of drug-likeness (QED) is 0.748. The Kier molecular flexibility index (Phi) is 5.12. The molecule has 0 amide bonds. The molecule has 8 heteroatoms. The Morgan fingerprint density at radius 3 is 2.66 bits per heavy atom. The number of nitrogens with one attached hydrogen (secondary N) is 1. The van der Waals surface area contributed by atoms with Gasteiger partial charge in [0.1, 0.15) is 17.3 Å². The summed E-state index contributed by atoms with van der Waals surface area (Å²) < 4.78 is 37.4. The number of H-pyrrole nitrogens is 1. The maximum absolute atomic E-state index is 12.9. The summed E-state index contributed by atoms with van der Waals surface area (Å²) in [6, 6.07) is 6.88. The number of allylic oxidation sites excluding steroid dienone is 1. The first kappa shape index (κ1) is 19.6. The van der Waals surface area contributed by atoms with Crippen LogP contribution < -0.4 is 14.4 Å². The standard InChI is InChI=1S/C21H23N3O4S/c1-14(2)27-17-10-15(3)11-18(12-17)28-16-4-7-21(29(25,26)19-5-6-19)24(13-16)20-8-9-22-23-20/h3-4,7-14,19,21H,5-6H2,1-2H3,(H,22,23). The highest BCUT2D eigenvalue weighted by atomic mass is 32.2. The van der Waals surface area contributed by atoms with Crippen LogP contribution in [0.15, 0.2) is 54.6 Å². The van der Waals surface area contributed by atoms with Gasteiger partial charge >= 0.3 is 0 Å². The fraction of sp³-hybridized carbons (Fsp3) is 0.333. The molecule has 7 nitrogen and oxygen atoms in total. The second-order valence-electron chi connectivity index (χ2n) is 7.42. The van der Waals surface area contributed by atoms with Gasteiger partial charge in [-0.05, 0) is 63.5 Å². The molecule has 0 spiro atoms. The molecule has 1 unspecified atom stereocenters. The summed E-state index contributed by atoms with van der Waals surface area (Å²) in [7, 11) is -3.34.